The molecule has 0 fully saturated rings. The van der Waals surface area contributed by atoms with Crippen LogP contribution in [-0.2, 0) is 6.54 Å². The second kappa shape index (κ2) is 4.08. The number of aryl methyl sites for hydroxylation is 1. The number of hydrogen-bond donors (Lipinski definition) is 0. The van der Waals surface area contributed by atoms with E-state index >= 15 is 0 Å². The Balaban J connectivity index is 2.28. The van der Waals surface area contributed by atoms with E-state index < -0.39 is 0 Å². The van der Waals surface area contributed by atoms with Crippen LogP contribution in [-0.4, -0.2) is 20.0 Å². The maximum atomic E-state index is 6.03. The number of nitrogens with zero attached hydrogens (tertiary/aromatic N) is 4. The van der Waals surface area contributed by atoms with Crippen LogP contribution in [0.25, 0.3) is 0 Å². The molecule has 0 spiro atoms. The first kappa shape index (κ1) is 10.9. The Kier molecular flexibility index (Phi) is 2.95. The zero-order chi connectivity index (χ0) is 11.0. The molecule has 15 heavy (non-hydrogen) atoms. The molecule has 2 aromatic heterocycles. The zero-order valence-electron chi connectivity index (χ0n) is 8.16. The van der Waals surface area contributed by atoms with Crippen LogP contribution in [0.4, 0.5) is 0 Å². The van der Waals surface area contributed by atoms with E-state index in [4.69, 9.17) is 23.2 Å². The van der Waals surface area contributed by atoms with Gasteiger partial charge in [0.1, 0.15) is 5.01 Å². The zero-order valence-corrected chi connectivity index (χ0v) is 10.5. The Hall–Kier alpha value is -0.650. The molecule has 2 rings (SSSR count). The average Bonchev–Trinajstić information content (AvgIpc) is 2.68. The Morgan fingerprint density at radius 2 is 2.00 bits per heavy atom. The smallest absolute Gasteiger partial charge is 0.207 e. The molecule has 0 aromatic carbocycles. The largest absolute Gasteiger partial charge is 0.261 e. The van der Waals surface area contributed by atoms with Crippen molar-refractivity contribution in [3.05, 3.63) is 25.9 Å². The van der Waals surface area contributed by atoms with Gasteiger partial charge < -0.3 is 0 Å². The lowest BCUT2D eigenvalue weighted by atomic mass is 10.4. The lowest BCUT2D eigenvalue weighted by molar-refractivity contribution is 0.651. The van der Waals surface area contributed by atoms with Crippen molar-refractivity contribution in [1.82, 2.24) is 20.0 Å². The fourth-order valence-corrected chi connectivity index (χ4v) is 2.24. The molecule has 0 aliphatic heterocycles. The van der Waals surface area contributed by atoms with Crippen molar-refractivity contribution in [1.29, 1.82) is 0 Å². The summed E-state index contributed by atoms with van der Waals surface area (Å²) in [6.07, 6.45) is 0. The predicted molar refractivity (Wildman–Crippen MR) is 60.7 cm³/mol. The first-order valence-electron chi connectivity index (χ1n) is 4.25. The van der Waals surface area contributed by atoms with Crippen molar-refractivity contribution in [2.24, 2.45) is 0 Å². The molecule has 0 saturated carbocycles. The van der Waals surface area contributed by atoms with E-state index in [1.165, 1.54) is 11.3 Å². The van der Waals surface area contributed by atoms with Crippen LogP contribution in [0.3, 0.4) is 0 Å². The maximum Gasteiger partial charge on any atom is 0.207 e. The van der Waals surface area contributed by atoms with Crippen LogP contribution in [0.1, 0.15) is 16.4 Å². The number of aromatic nitrogens is 4. The molecule has 0 N–H and O–H groups in total. The van der Waals surface area contributed by atoms with Crippen molar-refractivity contribution >= 4 is 34.5 Å². The number of hydrogen-bond acceptors (Lipinski definition) is 4. The third kappa shape index (κ3) is 2.14. The normalized spacial score (nSPS) is 10.9. The van der Waals surface area contributed by atoms with Crippen LogP contribution in [0.5, 0.6) is 0 Å². The molecule has 4 nitrogen and oxygen atoms in total. The highest BCUT2D eigenvalue weighted by Gasteiger charge is 2.11. The summed E-state index contributed by atoms with van der Waals surface area (Å²) in [5.41, 5.74) is 1.75. The van der Waals surface area contributed by atoms with E-state index in [9.17, 15) is 0 Å². The van der Waals surface area contributed by atoms with Crippen LogP contribution in [0.2, 0.25) is 9.49 Å². The molecule has 80 valence electrons. The summed E-state index contributed by atoms with van der Waals surface area (Å²) >= 11 is 13.1. The third-order valence-electron chi connectivity index (χ3n) is 2.02. The molecule has 0 amide bonds. The van der Waals surface area contributed by atoms with Crippen molar-refractivity contribution in [2.45, 2.75) is 20.4 Å². The molecule has 7 heteroatoms. The molecule has 0 unspecified atom stereocenters. The van der Waals surface area contributed by atoms with E-state index in [-0.39, 0.29) is 0 Å². The fraction of sp³-hybridized carbons (Fsp3) is 0.375. The van der Waals surface area contributed by atoms with E-state index in [2.05, 4.69) is 15.3 Å². The van der Waals surface area contributed by atoms with Crippen molar-refractivity contribution < 1.29 is 0 Å². The number of rotatable bonds is 2. The second-order valence-electron chi connectivity index (χ2n) is 3.09. The second-order valence-corrected chi connectivity index (χ2v) is 5.11. The lowest BCUT2D eigenvalue weighted by Crippen LogP contribution is -2.03. The summed E-state index contributed by atoms with van der Waals surface area (Å²) in [5, 5.41) is 13.5. The number of halogens is 2. The Morgan fingerprint density at radius 3 is 2.47 bits per heavy atom. The van der Waals surface area contributed by atoms with E-state index in [0.29, 0.717) is 16.0 Å². The van der Waals surface area contributed by atoms with Gasteiger partial charge in [0.05, 0.1) is 23.0 Å². The minimum Gasteiger partial charge on any atom is -0.261 e. The quantitative estimate of drug-likeness (QED) is 0.836. The Labute approximate surface area is 101 Å². The summed E-state index contributed by atoms with van der Waals surface area (Å²) in [5.74, 6) is 0. The first-order chi connectivity index (χ1) is 7.08. The minimum atomic E-state index is 0.442. The highest BCUT2D eigenvalue weighted by molar-refractivity contribution is 7.15. The van der Waals surface area contributed by atoms with Gasteiger partial charge in [-0.2, -0.15) is 5.10 Å². The Bertz CT molecular complexity index is 491. The third-order valence-corrected chi connectivity index (χ3v) is 3.57. The van der Waals surface area contributed by atoms with Gasteiger partial charge in [-0.1, -0.05) is 22.9 Å². The van der Waals surface area contributed by atoms with Crippen LogP contribution in [0, 0.1) is 13.8 Å². The fourth-order valence-electron chi connectivity index (χ4n) is 1.25. The van der Waals surface area contributed by atoms with Gasteiger partial charge in [0.2, 0.25) is 4.47 Å². The predicted octanol–water partition coefficient (Wildman–Crippen LogP) is 2.71. The average molecular weight is 263 g/mol. The van der Waals surface area contributed by atoms with E-state index in [1.54, 1.807) is 4.68 Å². The minimum absolute atomic E-state index is 0.442. The summed E-state index contributed by atoms with van der Waals surface area (Å²) in [4.78, 5) is 0. The van der Waals surface area contributed by atoms with Gasteiger partial charge in [-0.25, -0.2) is 0 Å². The summed E-state index contributed by atoms with van der Waals surface area (Å²) in [6.45, 7) is 4.35. The van der Waals surface area contributed by atoms with Crippen molar-refractivity contribution in [2.75, 3.05) is 0 Å². The van der Waals surface area contributed by atoms with Crippen molar-refractivity contribution in [3.63, 3.8) is 0 Å². The van der Waals surface area contributed by atoms with Gasteiger partial charge in [0.25, 0.3) is 0 Å². The molecule has 0 radical (unpaired) electrons. The molecule has 0 saturated heterocycles. The van der Waals surface area contributed by atoms with E-state index in [1.807, 2.05) is 13.8 Å². The van der Waals surface area contributed by atoms with Gasteiger partial charge in [-0.3, -0.25) is 4.68 Å². The molecule has 0 bridgehead atoms. The summed E-state index contributed by atoms with van der Waals surface area (Å²) < 4.78 is 2.24. The summed E-state index contributed by atoms with van der Waals surface area (Å²) in [6, 6.07) is 0. The Morgan fingerprint density at radius 1 is 1.27 bits per heavy atom. The molecular weight excluding hydrogens is 255 g/mol. The molecule has 0 aliphatic rings. The summed E-state index contributed by atoms with van der Waals surface area (Å²) in [7, 11) is 0. The molecular formula is C8H8Cl2N4S. The SMILES string of the molecule is Cc1nn(Cc2nnc(Cl)s2)c(C)c1Cl. The van der Waals surface area contributed by atoms with Gasteiger partial charge in [0.15, 0.2) is 0 Å². The van der Waals surface area contributed by atoms with E-state index in [0.717, 1.165) is 16.4 Å². The maximum absolute atomic E-state index is 6.03. The molecule has 2 heterocycles. The van der Waals surface area contributed by atoms with Crippen LogP contribution in [0.15, 0.2) is 0 Å². The standard InChI is InChI=1S/C8H8Cl2N4S/c1-4-7(9)5(2)14(13-4)3-6-11-12-8(10)15-6/h3H2,1-2H3. The highest BCUT2D eigenvalue weighted by atomic mass is 35.5. The van der Waals surface area contributed by atoms with Gasteiger partial charge in [-0.15, -0.1) is 10.2 Å². The van der Waals surface area contributed by atoms with Crippen molar-refractivity contribution in [3.8, 4) is 0 Å². The molecule has 2 aromatic rings. The highest BCUT2D eigenvalue weighted by Crippen LogP contribution is 2.21. The van der Waals surface area contributed by atoms with Crippen LogP contribution >= 0.6 is 34.5 Å². The lowest BCUT2D eigenvalue weighted by Gasteiger charge is -1.99. The topological polar surface area (TPSA) is 43.6 Å². The first-order valence-corrected chi connectivity index (χ1v) is 5.82. The van der Waals surface area contributed by atoms with Gasteiger partial charge >= 0.3 is 0 Å². The molecule has 0 aliphatic carbocycles. The van der Waals surface area contributed by atoms with Gasteiger partial charge in [0, 0.05) is 0 Å². The molecule has 0 atom stereocenters. The van der Waals surface area contributed by atoms with Gasteiger partial charge in [-0.05, 0) is 25.4 Å². The monoisotopic (exact) mass is 262 g/mol. The van der Waals surface area contributed by atoms with Crippen LogP contribution < -0.4 is 0 Å².